The van der Waals surface area contributed by atoms with E-state index >= 15 is 0 Å². The van der Waals surface area contributed by atoms with Crippen molar-refractivity contribution in [1.82, 2.24) is 19.8 Å². The molecule has 0 saturated carbocycles. The van der Waals surface area contributed by atoms with Gasteiger partial charge in [-0.15, -0.1) is 22.7 Å². The number of hydrogen-bond donors (Lipinski definition) is 0. The lowest BCUT2D eigenvalue weighted by molar-refractivity contribution is 0.0638. The molecule has 1 aliphatic heterocycles. The average Bonchev–Trinajstić information content (AvgIpc) is 3.44. The van der Waals surface area contributed by atoms with Gasteiger partial charge < -0.3 is 9.80 Å². The Morgan fingerprint density at radius 1 is 1.21 bits per heavy atom. The van der Waals surface area contributed by atoms with Crippen molar-refractivity contribution in [3.63, 3.8) is 0 Å². The van der Waals surface area contributed by atoms with Crippen molar-refractivity contribution >= 4 is 28.6 Å². The Morgan fingerprint density at radius 3 is 2.79 bits per heavy atom. The predicted molar refractivity (Wildman–Crippen MR) is 115 cm³/mol. The quantitative estimate of drug-likeness (QED) is 0.613. The molecule has 0 bridgehead atoms. The molecular weight excluding hydrogens is 388 g/mol. The Kier molecular flexibility index (Phi) is 6.14. The van der Waals surface area contributed by atoms with E-state index < -0.39 is 0 Å². The van der Waals surface area contributed by atoms with Crippen molar-refractivity contribution in [2.24, 2.45) is 0 Å². The van der Waals surface area contributed by atoms with Crippen LogP contribution in [-0.2, 0) is 6.42 Å². The second kappa shape index (κ2) is 8.94. The molecule has 3 aromatic heterocycles. The minimum Gasteiger partial charge on any atom is -0.337 e. The van der Waals surface area contributed by atoms with Gasteiger partial charge in [-0.05, 0) is 36.4 Å². The fraction of sp³-hybridized carbons (Fsp3) is 0.381. The summed E-state index contributed by atoms with van der Waals surface area (Å²) in [5.41, 5.74) is 1.70. The van der Waals surface area contributed by atoms with Crippen molar-refractivity contribution in [3.8, 4) is 9.88 Å². The van der Waals surface area contributed by atoms with Crippen LogP contribution in [-0.4, -0.2) is 58.4 Å². The van der Waals surface area contributed by atoms with Crippen LogP contribution in [0.2, 0.25) is 0 Å². The van der Waals surface area contributed by atoms with Gasteiger partial charge in [-0.25, -0.2) is 4.98 Å². The minimum atomic E-state index is 0.0333. The molecule has 0 atom stereocenters. The monoisotopic (exact) mass is 412 g/mol. The topological polar surface area (TPSA) is 49.3 Å². The molecule has 0 unspecified atom stereocenters. The molecule has 0 N–H and O–H groups in total. The molecule has 1 aliphatic rings. The zero-order valence-corrected chi connectivity index (χ0v) is 17.6. The van der Waals surface area contributed by atoms with Crippen LogP contribution in [0.25, 0.3) is 9.88 Å². The minimum absolute atomic E-state index is 0.0333. The third-order valence-corrected chi connectivity index (χ3v) is 7.17. The largest absolute Gasteiger partial charge is 0.337 e. The third-order valence-electron chi connectivity index (χ3n) is 5.29. The first-order chi connectivity index (χ1) is 13.7. The summed E-state index contributed by atoms with van der Waals surface area (Å²) >= 11 is 3.20. The second-order valence-corrected chi connectivity index (χ2v) is 8.88. The van der Waals surface area contributed by atoms with Crippen molar-refractivity contribution in [2.45, 2.75) is 25.3 Å². The van der Waals surface area contributed by atoms with Gasteiger partial charge in [0.15, 0.2) is 0 Å². The summed E-state index contributed by atoms with van der Waals surface area (Å²) in [6, 6.07) is 10.4. The molecule has 1 saturated heterocycles. The van der Waals surface area contributed by atoms with Crippen LogP contribution in [0.4, 0.5) is 0 Å². The van der Waals surface area contributed by atoms with Gasteiger partial charge in [0, 0.05) is 56.4 Å². The van der Waals surface area contributed by atoms with Gasteiger partial charge in [0.25, 0.3) is 5.91 Å². The lowest BCUT2D eigenvalue weighted by Gasteiger charge is -2.36. The smallest absolute Gasteiger partial charge is 0.273 e. The highest BCUT2D eigenvalue weighted by Gasteiger charge is 2.27. The van der Waals surface area contributed by atoms with E-state index in [1.54, 1.807) is 22.7 Å². The van der Waals surface area contributed by atoms with Gasteiger partial charge in [0.05, 0.1) is 4.88 Å². The van der Waals surface area contributed by atoms with Gasteiger partial charge in [-0.3, -0.25) is 9.78 Å². The highest BCUT2D eigenvalue weighted by molar-refractivity contribution is 7.20. The number of aromatic nitrogens is 2. The number of thiazole rings is 1. The van der Waals surface area contributed by atoms with Crippen molar-refractivity contribution in [3.05, 3.63) is 58.7 Å². The van der Waals surface area contributed by atoms with Gasteiger partial charge in [0.1, 0.15) is 10.7 Å². The Labute approximate surface area is 173 Å². The van der Waals surface area contributed by atoms with E-state index in [0.717, 1.165) is 54.5 Å². The Morgan fingerprint density at radius 2 is 2.07 bits per heavy atom. The predicted octanol–water partition coefficient (Wildman–Crippen LogP) is 4.05. The molecule has 7 heteroatoms. The number of carbonyl (C=O) groups excluding carboxylic acids is 1. The highest BCUT2D eigenvalue weighted by Crippen LogP contribution is 2.28. The van der Waals surface area contributed by atoms with Gasteiger partial charge >= 0.3 is 0 Å². The maximum absolute atomic E-state index is 12.9. The molecule has 0 radical (unpaired) electrons. The summed E-state index contributed by atoms with van der Waals surface area (Å²) in [5, 5.41) is 4.85. The number of carbonyl (C=O) groups is 1. The van der Waals surface area contributed by atoms with Crippen LogP contribution in [0.5, 0.6) is 0 Å². The lowest BCUT2D eigenvalue weighted by atomic mass is 10.0. The number of nitrogens with zero attached hydrogens (tertiary/aromatic N) is 4. The van der Waals surface area contributed by atoms with Crippen LogP contribution in [0.1, 0.15) is 29.0 Å². The molecule has 3 aromatic rings. The van der Waals surface area contributed by atoms with E-state index in [1.807, 2.05) is 53.2 Å². The number of piperidine rings is 1. The first kappa shape index (κ1) is 19.2. The molecule has 146 valence electrons. The summed E-state index contributed by atoms with van der Waals surface area (Å²) in [4.78, 5) is 27.3. The van der Waals surface area contributed by atoms with E-state index in [1.165, 1.54) is 0 Å². The summed E-state index contributed by atoms with van der Waals surface area (Å²) in [6.45, 7) is 3.07. The lowest BCUT2D eigenvalue weighted by Crippen LogP contribution is -2.46. The first-order valence-corrected chi connectivity index (χ1v) is 11.4. The number of thiophene rings is 1. The van der Waals surface area contributed by atoms with Gasteiger partial charge in [-0.2, -0.15) is 0 Å². The number of rotatable bonds is 6. The van der Waals surface area contributed by atoms with Crippen LogP contribution in [0.3, 0.4) is 0 Å². The number of amides is 1. The van der Waals surface area contributed by atoms with Crippen molar-refractivity contribution in [1.29, 1.82) is 0 Å². The Bertz CT molecular complexity index is 886. The maximum Gasteiger partial charge on any atom is 0.273 e. The van der Waals surface area contributed by atoms with Crippen LogP contribution >= 0.6 is 22.7 Å². The van der Waals surface area contributed by atoms with E-state index in [4.69, 9.17) is 0 Å². The van der Waals surface area contributed by atoms with Crippen molar-refractivity contribution in [2.75, 3.05) is 26.7 Å². The summed E-state index contributed by atoms with van der Waals surface area (Å²) in [6.07, 6.45) is 4.84. The maximum atomic E-state index is 12.9. The van der Waals surface area contributed by atoms with Crippen LogP contribution < -0.4 is 0 Å². The first-order valence-electron chi connectivity index (χ1n) is 9.59. The van der Waals surface area contributed by atoms with E-state index in [-0.39, 0.29) is 11.9 Å². The van der Waals surface area contributed by atoms with Crippen LogP contribution in [0, 0.1) is 0 Å². The molecule has 1 fully saturated rings. The second-order valence-electron chi connectivity index (χ2n) is 7.08. The molecule has 4 heterocycles. The van der Waals surface area contributed by atoms with E-state index in [9.17, 15) is 4.79 Å². The normalized spacial score (nSPS) is 15.6. The molecule has 0 aromatic carbocycles. The van der Waals surface area contributed by atoms with Crippen LogP contribution in [0.15, 0.2) is 47.3 Å². The highest BCUT2D eigenvalue weighted by atomic mass is 32.1. The average molecular weight is 413 g/mol. The molecule has 0 spiro atoms. The molecular formula is C21H24N4OS2. The Balaban J connectivity index is 1.29. The molecule has 0 aliphatic carbocycles. The van der Waals surface area contributed by atoms with Crippen molar-refractivity contribution < 1.29 is 4.79 Å². The Hall–Kier alpha value is -2.09. The molecule has 4 rings (SSSR count). The SMILES string of the molecule is CN(C(=O)c1csc(-c2cccs2)n1)C1CCN(CCc2ccccn2)CC1. The van der Waals surface area contributed by atoms with E-state index in [2.05, 4.69) is 20.9 Å². The van der Waals surface area contributed by atoms with Gasteiger partial charge in [-0.1, -0.05) is 12.1 Å². The zero-order chi connectivity index (χ0) is 19.3. The van der Waals surface area contributed by atoms with Gasteiger partial charge in [0.2, 0.25) is 0 Å². The summed E-state index contributed by atoms with van der Waals surface area (Å²) < 4.78 is 0. The molecule has 28 heavy (non-hydrogen) atoms. The number of pyridine rings is 1. The standard InChI is InChI=1S/C21H24N4OS2/c1-24(21(26)18-15-28-20(23-18)19-6-4-14-27-19)17-8-12-25(13-9-17)11-7-16-5-2-3-10-22-16/h2-6,10,14-15,17H,7-9,11-13H2,1H3. The van der Waals surface area contributed by atoms with E-state index in [0.29, 0.717) is 5.69 Å². The summed E-state index contributed by atoms with van der Waals surface area (Å²) in [5.74, 6) is 0.0333. The third kappa shape index (κ3) is 4.48. The fourth-order valence-corrected chi connectivity index (χ4v) is 5.19. The molecule has 1 amide bonds. The summed E-state index contributed by atoms with van der Waals surface area (Å²) in [7, 11) is 1.92. The number of likely N-dealkylation sites (tertiary alicyclic amines) is 1. The molecule has 5 nitrogen and oxygen atoms in total. The number of hydrogen-bond acceptors (Lipinski definition) is 6. The zero-order valence-electron chi connectivity index (χ0n) is 16.0. The fourth-order valence-electron chi connectivity index (χ4n) is 3.58.